The quantitative estimate of drug-likeness (QED) is 0.0942. The first-order chi connectivity index (χ1) is 22.9. The Balaban J connectivity index is 1.48. The number of ether oxygens (including phenoxy) is 3. The lowest BCUT2D eigenvalue weighted by Gasteiger charge is -2.29. The maximum atomic E-state index is 13.2. The van der Waals surface area contributed by atoms with Crippen LogP contribution in [-0.4, -0.2) is 43.6 Å². The standard InChI is InChI=1S/C36H31ClF3NO7/c1-3-46-33(44)35(34(45)47-4-2,25-10-6-5-7-11-25)22-48-31(42)21-23-14-19-30(29(37)20-23)41-32(43)28-13-9-8-12-27(28)24-15-17-26(18-16-24)36(38,39)40/h5-20H,3-4,21-22H2,1-2H3,(H,41,43). The Hall–Kier alpha value is -5.16. The third-order valence-electron chi connectivity index (χ3n) is 7.29. The summed E-state index contributed by atoms with van der Waals surface area (Å²) in [4.78, 5) is 52.5. The number of hydrogen-bond acceptors (Lipinski definition) is 7. The Morgan fingerprint density at radius 3 is 1.92 bits per heavy atom. The number of carbonyl (C=O) groups excluding carboxylic acids is 4. The van der Waals surface area contributed by atoms with Crippen LogP contribution in [0.25, 0.3) is 11.1 Å². The van der Waals surface area contributed by atoms with Crippen molar-refractivity contribution in [2.45, 2.75) is 31.9 Å². The molecule has 8 nitrogen and oxygen atoms in total. The van der Waals surface area contributed by atoms with Crippen LogP contribution in [0.4, 0.5) is 18.9 Å². The molecule has 1 amide bonds. The van der Waals surface area contributed by atoms with Crippen LogP contribution >= 0.6 is 11.6 Å². The van der Waals surface area contributed by atoms with Gasteiger partial charge < -0.3 is 19.5 Å². The number of benzene rings is 4. The van der Waals surface area contributed by atoms with E-state index in [1.807, 2.05) is 0 Å². The van der Waals surface area contributed by atoms with E-state index in [0.717, 1.165) is 12.1 Å². The molecule has 48 heavy (non-hydrogen) atoms. The lowest BCUT2D eigenvalue weighted by atomic mass is 9.81. The molecule has 0 aliphatic carbocycles. The van der Waals surface area contributed by atoms with Gasteiger partial charge in [-0.25, -0.2) is 0 Å². The van der Waals surface area contributed by atoms with Crippen molar-refractivity contribution in [2.24, 2.45) is 0 Å². The van der Waals surface area contributed by atoms with Crippen LogP contribution in [0.3, 0.4) is 0 Å². The molecule has 12 heteroatoms. The highest BCUT2D eigenvalue weighted by Gasteiger charge is 2.52. The molecule has 0 aromatic heterocycles. The summed E-state index contributed by atoms with van der Waals surface area (Å²) >= 11 is 6.45. The third-order valence-corrected chi connectivity index (χ3v) is 7.60. The number of halogens is 4. The first-order valence-electron chi connectivity index (χ1n) is 14.8. The molecule has 0 aliphatic heterocycles. The average Bonchev–Trinajstić information content (AvgIpc) is 3.06. The highest BCUT2D eigenvalue weighted by atomic mass is 35.5. The number of hydrogen-bond donors (Lipinski definition) is 1. The molecule has 4 rings (SSSR count). The highest BCUT2D eigenvalue weighted by molar-refractivity contribution is 6.34. The fourth-order valence-electron chi connectivity index (χ4n) is 4.89. The minimum absolute atomic E-state index is 0.0250. The Morgan fingerprint density at radius 1 is 0.729 bits per heavy atom. The van der Waals surface area contributed by atoms with Crippen molar-refractivity contribution in [1.82, 2.24) is 0 Å². The van der Waals surface area contributed by atoms with Gasteiger partial charge in [0, 0.05) is 5.56 Å². The van der Waals surface area contributed by atoms with Crippen molar-refractivity contribution in [3.05, 3.63) is 124 Å². The zero-order valence-electron chi connectivity index (χ0n) is 25.9. The van der Waals surface area contributed by atoms with Crippen LogP contribution < -0.4 is 5.32 Å². The number of rotatable bonds is 12. The normalized spacial score (nSPS) is 11.4. The molecule has 0 fully saturated rings. The zero-order chi connectivity index (χ0) is 34.9. The second-order valence-corrected chi connectivity index (χ2v) is 10.8. The van der Waals surface area contributed by atoms with Gasteiger partial charge in [-0.1, -0.05) is 78.3 Å². The predicted octanol–water partition coefficient (Wildman–Crippen LogP) is 7.43. The minimum atomic E-state index is -4.49. The highest BCUT2D eigenvalue weighted by Crippen LogP contribution is 2.33. The molecule has 1 N–H and O–H groups in total. The van der Waals surface area contributed by atoms with E-state index < -0.39 is 47.6 Å². The number of esters is 3. The summed E-state index contributed by atoms with van der Waals surface area (Å²) in [6.45, 7) is 2.44. The Morgan fingerprint density at radius 2 is 1.33 bits per heavy atom. The van der Waals surface area contributed by atoms with Gasteiger partial charge in [-0.15, -0.1) is 0 Å². The van der Waals surface area contributed by atoms with Gasteiger partial charge >= 0.3 is 24.1 Å². The maximum absolute atomic E-state index is 13.2. The minimum Gasteiger partial charge on any atom is -0.465 e. The van der Waals surface area contributed by atoms with Crippen LogP contribution in [-0.2, 0) is 46.6 Å². The van der Waals surface area contributed by atoms with Gasteiger partial charge in [0.25, 0.3) is 5.91 Å². The predicted molar refractivity (Wildman–Crippen MR) is 172 cm³/mol. The number of alkyl halides is 3. The van der Waals surface area contributed by atoms with Gasteiger partial charge in [0.2, 0.25) is 5.41 Å². The van der Waals surface area contributed by atoms with Crippen molar-refractivity contribution in [2.75, 3.05) is 25.1 Å². The van der Waals surface area contributed by atoms with Crippen LogP contribution in [0.1, 0.15) is 40.9 Å². The molecule has 0 saturated heterocycles. The summed E-state index contributed by atoms with van der Waals surface area (Å²) < 4.78 is 54.9. The molecule has 4 aromatic carbocycles. The fraction of sp³-hybridized carbons (Fsp3) is 0.222. The third kappa shape index (κ3) is 8.21. The summed E-state index contributed by atoms with van der Waals surface area (Å²) in [5.41, 5.74) is -0.973. The fourth-order valence-corrected chi connectivity index (χ4v) is 5.14. The van der Waals surface area contributed by atoms with E-state index in [-0.39, 0.29) is 41.5 Å². The molecule has 0 bridgehead atoms. The topological polar surface area (TPSA) is 108 Å². The maximum Gasteiger partial charge on any atom is 0.416 e. The Kier molecular flexibility index (Phi) is 11.6. The molecule has 4 aromatic rings. The Labute approximate surface area is 279 Å². The second-order valence-electron chi connectivity index (χ2n) is 10.4. The average molecular weight is 682 g/mol. The molecule has 0 radical (unpaired) electrons. The van der Waals surface area contributed by atoms with Crippen molar-refractivity contribution in [3.63, 3.8) is 0 Å². The van der Waals surface area contributed by atoms with Crippen molar-refractivity contribution in [1.29, 1.82) is 0 Å². The number of nitrogens with one attached hydrogen (secondary N) is 1. The number of carbonyl (C=O) groups is 4. The van der Waals surface area contributed by atoms with Crippen LogP contribution in [0.2, 0.25) is 5.02 Å². The summed E-state index contributed by atoms with van der Waals surface area (Å²) in [5, 5.41) is 2.79. The summed E-state index contributed by atoms with van der Waals surface area (Å²) in [5.74, 6) is -3.19. The molecule has 0 heterocycles. The largest absolute Gasteiger partial charge is 0.465 e. The molecule has 250 valence electrons. The van der Waals surface area contributed by atoms with Crippen LogP contribution in [0, 0.1) is 0 Å². The van der Waals surface area contributed by atoms with Gasteiger partial charge in [0.05, 0.1) is 35.9 Å². The van der Waals surface area contributed by atoms with Gasteiger partial charge in [-0.2, -0.15) is 13.2 Å². The van der Waals surface area contributed by atoms with E-state index in [4.69, 9.17) is 25.8 Å². The second kappa shape index (κ2) is 15.6. The van der Waals surface area contributed by atoms with Crippen molar-refractivity contribution in [3.8, 4) is 11.1 Å². The SMILES string of the molecule is CCOC(=O)C(COC(=O)Cc1ccc(NC(=O)c2ccccc2-c2ccc(C(F)(F)F)cc2)c(Cl)c1)(C(=O)OCC)c1ccccc1. The van der Waals surface area contributed by atoms with E-state index in [2.05, 4.69) is 5.32 Å². The van der Waals surface area contributed by atoms with E-state index in [0.29, 0.717) is 16.7 Å². The van der Waals surface area contributed by atoms with Crippen molar-refractivity contribution >= 4 is 41.1 Å². The number of amides is 1. The summed E-state index contributed by atoms with van der Waals surface area (Å²) in [7, 11) is 0. The monoisotopic (exact) mass is 681 g/mol. The zero-order valence-corrected chi connectivity index (χ0v) is 26.7. The number of anilines is 1. The summed E-state index contributed by atoms with van der Waals surface area (Å²) in [6, 6.07) is 23.4. The van der Waals surface area contributed by atoms with E-state index in [1.165, 1.54) is 48.5 Å². The molecule has 0 atom stereocenters. The van der Waals surface area contributed by atoms with Gasteiger partial charge in [-0.05, 0) is 66.4 Å². The van der Waals surface area contributed by atoms with Crippen LogP contribution in [0.15, 0.2) is 97.1 Å². The molecule has 0 spiro atoms. The van der Waals surface area contributed by atoms with E-state index >= 15 is 0 Å². The van der Waals surface area contributed by atoms with Crippen LogP contribution in [0.5, 0.6) is 0 Å². The molecule has 0 saturated carbocycles. The molecule has 0 unspecified atom stereocenters. The lowest BCUT2D eigenvalue weighted by Crippen LogP contribution is -2.50. The van der Waals surface area contributed by atoms with Gasteiger partial charge in [-0.3, -0.25) is 19.2 Å². The Bertz CT molecular complexity index is 1760. The molecular weight excluding hydrogens is 651 g/mol. The smallest absolute Gasteiger partial charge is 0.416 e. The molecule has 0 aliphatic rings. The van der Waals surface area contributed by atoms with Gasteiger partial charge in [0.1, 0.15) is 6.61 Å². The van der Waals surface area contributed by atoms with Crippen molar-refractivity contribution < 1.29 is 46.6 Å². The lowest BCUT2D eigenvalue weighted by molar-refractivity contribution is -0.170. The van der Waals surface area contributed by atoms with E-state index in [9.17, 15) is 32.3 Å². The van der Waals surface area contributed by atoms with Gasteiger partial charge in [0.15, 0.2) is 0 Å². The first-order valence-corrected chi connectivity index (χ1v) is 15.2. The van der Waals surface area contributed by atoms with E-state index in [1.54, 1.807) is 50.2 Å². The first kappa shape index (κ1) is 35.7. The summed E-state index contributed by atoms with van der Waals surface area (Å²) in [6.07, 6.45) is -4.78. The molecular formula is C36H31ClF3NO7.